The van der Waals surface area contributed by atoms with Crippen molar-refractivity contribution in [2.75, 3.05) is 4.90 Å². The molecule has 1 amide bonds. The van der Waals surface area contributed by atoms with Crippen LogP contribution in [0.2, 0.25) is 0 Å². The van der Waals surface area contributed by atoms with Gasteiger partial charge in [0.15, 0.2) is 0 Å². The number of sulfonamides is 1. The third-order valence-corrected chi connectivity index (χ3v) is 5.62. The Balaban J connectivity index is 2.12. The summed E-state index contributed by atoms with van der Waals surface area (Å²) in [5.41, 5.74) is 1.58. The highest BCUT2D eigenvalue weighted by molar-refractivity contribution is 7.89. The highest BCUT2D eigenvalue weighted by Crippen LogP contribution is 2.31. The number of hydrogen-bond donors (Lipinski definition) is 1. The van der Waals surface area contributed by atoms with E-state index >= 15 is 0 Å². The lowest BCUT2D eigenvalue weighted by Gasteiger charge is -2.30. The second-order valence-corrected chi connectivity index (χ2v) is 8.17. The fourth-order valence-corrected chi connectivity index (χ4v) is 4.21. The number of benzene rings is 2. The molecule has 2 aromatic rings. The van der Waals surface area contributed by atoms with E-state index in [1.165, 1.54) is 6.07 Å². The summed E-state index contributed by atoms with van der Waals surface area (Å²) < 4.78 is 37.3. The van der Waals surface area contributed by atoms with Crippen LogP contribution >= 0.6 is 0 Å². The second-order valence-electron chi connectivity index (χ2n) is 6.64. The van der Waals surface area contributed by atoms with E-state index in [-0.39, 0.29) is 11.6 Å². The molecule has 0 bridgehead atoms. The second kappa shape index (κ2) is 7.17. The van der Waals surface area contributed by atoms with Gasteiger partial charge in [-0.3, -0.25) is 4.79 Å². The van der Waals surface area contributed by atoms with Crippen molar-refractivity contribution in [1.82, 2.24) is 0 Å². The molecular formula is C19H21FN2O3S. The van der Waals surface area contributed by atoms with Crippen molar-refractivity contribution in [3.63, 3.8) is 0 Å². The minimum Gasteiger partial charge on any atom is -0.305 e. The SMILES string of the molecule is Cc1cccc(N(C(=O)c2ccc(F)cc2S(N)(=O)=O)C2CCCC2)c1. The standard InChI is InChI=1S/C19H21FN2O3S/c1-13-5-4-8-16(11-13)22(15-6-2-3-7-15)19(23)17-10-9-14(20)12-18(17)26(21,24)25/h4-5,8-12,15H,2-3,6-7H2,1H3,(H2,21,24,25). The maximum Gasteiger partial charge on any atom is 0.259 e. The van der Waals surface area contributed by atoms with Gasteiger partial charge < -0.3 is 4.90 Å². The Bertz CT molecular complexity index is 938. The summed E-state index contributed by atoms with van der Waals surface area (Å²) in [6.45, 7) is 1.93. The molecule has 0 heterocycles. The first kappa shape index (κ1) is 18.5. The molecule has 1 saturated carbocycles. The Hall–Kier alpha value is -2.25. The Kier molecular flexibility index (Phi) is 5.11. The molecule has 0 unspecified atom stereocenters. The summed E-state index contributed by atoms with van der Waals surface area (Å²) in [4.78, 5) is 14.4. The van der Waals surface area contributed by atoms with E-state index in [1.807, 2.05) is 31.2 Å². The van der Waals surface area contributed by atoms with Crippen LogP contribution in [0.15, 0.2) is 47.4 Å². The third-order valence-electron chi connectivity index (χ3n) is 4.67. The van der Waals surface area contributed by atoms with Gasteiger partial charge in [-0.2, -0.15) is 0 Å². The van der Waals surface area contributed by atoms with Crippen molar-refractivity contribution in [3.8, 4) is 0 Å². The molecule has 0 aromatic heterocycles. The predicted octanol–water partition coefficient (Wildman–Crippen LogP) is 3.37. The molecule has 2 N–H and O–H groups in total. The minimum absolute atomic E-state index is 0.0253. The summed E-state index contributed by atoms with van der Waals surface area (Å²) >= 11 is 0. The van der Waals surface area contributed by atoms with Crippen LogP contribution in [0.1, 0.15) is 41.6 Å². The van der Waals surface area contributed by atoms with Gasteiger partial charge >= 0.3 is 0 Å². The molecule has 0 aliphatic heterocycles. The van der Waals surface area contributed by atoms with Gasteiger partial charge in [0, 0.05) is 11.7 Å². The molecule has 0 atom stereocenters. The van der Waals surface area contributed by atoms with Crippen molar-refractivity contribution >= 4 is 21.6 Å². The van der Waals surface area contributed by atoms with Crippen molar-refractivity contribution in [2.45, 2.75) is 43.5 Å². The zero-order valence-electron chi connectivity index (χ0n) is 14.5. The van der Waals surface area contributed by atoms with E-state index in [0.29, 0.717) is 5.69 Å². The minimum atomic E-state index is -4.24. The Labute approximate surface area is 152 Å². The van der Waals surface area contributed by atoms with Crippen LogP contribution in [0.3, 0.4) is 0 Å². The molecular weight excluding hydrogens is 355 g/mol. The topological polar surface area (TPSA) is 80.5 Å². The van der Waals surface area contributed by atoms with Gasteiger partial charge in [-0.05, 0) is 55.7 Å². The van der Waals surface area contributed by atoms with Gasteiger partial charge in [-0.15, -0.1) is 0 Å². The summed E-state index contributed by atoms with van der Waals surface area (Å²) in [7, 11) is -4.24. The monoisotopic (exact) mass is 376 g/mol. The molecule has 26 heavy (non-hydrogen) atoms. The average Bonchev–Trinajstić information content (AvgIpc) is 3.08. The van der Waals surface area contributed by atoms with Crippen molar-refractivity contribution < 1.29 is 17.6 Å². The molecule has 0 saturated heterocycles. The smallest absolute Gasteiger partial charge is 0.259 e. The summed E-state index contributed by atoms with van der Waals surface area (Å²) in [6, 6.07) is 10.5. The number of nitrogens with two attached hydrogens (primary N) is 1. The van der Waals surface area contributed by atoms with Crippen LogP contribution in [-0.4, -0.2) is 20.4 Å². The van der Waals surface area contributed by atoms with Crippen LogP contribution in [0, 0.1) is 12.7 Å². The first-order valence-corrected chi connectivity index (χ1v) is 10.0. The number of anilines is 1. The zero-order chi connectivity index (χ0) is 18.9. The van der Waals surface area contributed by atoms with Crippen LogP contribution in [0.4, 0.5) is 10.1 Å². The Morgan fingerprint density at radius 2 is 1.85 bits per heavy atom. The highest BCUT2D eigenvalue weighted by atomic mass is 32.2. The van der Waals surface area contributed by atoms with Crippen LogP contribution < -0.4 is 10.0 Å². The first-order chi connectivity index (χ1) is 12.3. The van der Waals surface area contributed by atoms with E-state index in [0.717, 1.165) is 43.4 Å². The molecule has 1 aliphatic carbocycles. The van der Waals surface area contributed by atoms with Gasteiger partial charge in [0.2, 0.25) is 10.0 Å². The summed E-state index contributed by atoms with van der Waals surface area (Å²) in [6.07, 6.45) is 3.69. The van der Waals surface area contributed by atoms with E-state index in [1.54, 1.807) is 4.90 Å². The number of primary sulfonamides is 1. The molecule has 5 nitrogen and oxygen atoms in total. The molecule has 2 aromatic carbocycles. The van der Waals surface area contributed by atoms with Crippen molar-refractivity contribution in [2.24, 2.45) is 5.14 Å². The zero-order valence-corrected chi connectivity index (χ0v) is 15.3. The van der Waals surface area contributed by atoms with E-state index in [4.69, 9.17) is 5.14 Å². The van der Waals surface area contributed by atoms with Crippen LogP contribution in [0.5, 0.6) is 0 Å². The number of halogens is 1. The van der Waals surface area contributed by atoms with E-state index < -0.39 is 26.6 Å². The summed E-state index contributed by atoms with van der Waals surface area (Å²) in [5.74, 6) is -1.24. The Morgan fingerprint density at radius 1 is 1.15 bits per heavy atom. The van der Waals surface area contributed by atoms with Gasteiger partial charge in [-0.25, -0.2) is 17.9 Å². The number of nitrogens with zero attached hydrogens (tertiary/aromatic N) is 1. The molecule has 7 heteroatoms. The number of rotatable bonds is 4. The maximum absolute atomic E-state index is 13.6. The molecule has 1 fully saturated rings. The van der Waals surface area contributed by atoms with Gasteiger partial charge in [-0.1, -0.05) is 25.0 Å². The average molecular weight is 376 g/mol. The van der Waals surface area contributed by atoms with Crippen molar-refractivity contribution in [3.05, 3.63) is 59.4 Å². The number of amides is 1. The van der Waals surface area contributed by atoms with Crippen molar-refractivity contribution in [1.29, 1.82) is 0 Å². The lowest BCUT2D eigenvalue weighted by Crippen LogP contribution is -2.40. The number of hydrogen-bond acceptors (Lipinski definition) is 3. The van der Waals surface area contributed by atoms with Crippen LogP contribution in [0.25, 0.3) is 0 Å². The Morgan fingerprint density at radius 3 is 2.46 bits per heavy atom. The lowest BCUT2D eigenvalue weighted by molar-refractivity contribution is 0.0973. The van der Waals surface area contributed by atoms with Gasteiger partial charge in [0.05, 0.1) is 10.5 Å². The van der Waals surface area contributed by atoms with Crippen LogP contribution in [-0.2, 0) is 10.0 Å². The lowest BCUT2D eigenvalue weighted by atomic mass is 10.1. The number of carbonyl (C=O) groups is 1. The largest absolute Gasteiger partial charge is 0.305 e. The van der Waals surface area contributed by atoms with Gasteiger partial charge in [0.1, 0.15) is 5.82 Å². The molecule has 138 valence electrons. The number of carbonyl (C=O) groups excluding carboxylic acids is 1. The maximum atomic E-state index is 13.6. The van der Waals surface area contributed by atoms with Gasteiger partial charge in [0.25, 0.3) is 5.91 Å². The quantitative estimate of drug-likeness (QED) is 0.888. The fourth-order valence-electron chi connectivity index (χ4n) is 3.47. The highest BCUT2D eigenvalue weighted by Gasteiger charge is 2.31. The molecule has 1 aliphatic rings. The normalized spacial score (nSPS) is 15.2. The first-order valence-electron chi connectivity index (χ1n) is 8.50. The fraction of sp³-hybridized carbons (Fsp3) is 0.316. The third kappa shape index (κ3) is 3.78. The molecule has 3 rings (SSSR count). The number of aryl methyl sites for hydroxylation is 1. The molecule has 0 spiro atoms. The van der Waals surface area contributed by atoms with E-state index in [9.17, 15) is 17.6 Å². The molecule has 0 radical (unpaired) electrons. The van der Waals surface area contributed by atoms with E-state index in [2.05, 4.69) is 0 Å². The predicted molar refractivity (Wildman–Crippen MR) is 98.0 cm³/mol. The summed E-state index contributed by atoms with van der Waals surface area (Å²) in [5, 5.41) is 5.22.